The number of carbonyl (C=O) groups excluding carboxylic acids is 1. The summed E-state index contributed by atoms with van der Waals surface area (Å²) in [6, 6.07) is 23.4. The number of para-hydroxylation sites is 1. The molecule has 0 saturated carbocycles. The number of nitrogens with zero attached hydrogens (tertiary/aromatic N) is 3. The number of hydrogen-bond donors (Lipinski definition) is 1. The lowest BCUT2D eigenvalue weighted by atomic mass is 10.1. The molecule has 2 aromatic heterocycles. The molecular formula is C26H22N4OS. The van der Waals surface area contributed by atoms with Crippen molar-refractivity contribution in [3.8, 4) is 17.3 Å². The normalized spacial score (nSPS) is 11.7. The number of benzene rings is 2. The van der Waals surface area contributed by atoms with E-state index in [1.54, 1.807) is 6.07 Å². The van der Waals surface area contributed by atoms with Gasteiger partial charge >= 0.3 is 0 Å². The second kappa shape index (κ2) is 9.21. The summed E-state index contributed by atoms with van der Waals surface area (Å²) in [5.41, 5.74) is 5.76. The molecule has 1 amide bonds. The molecule has 2 heterocycles. The van der Waals surface area contributed by atoms with E-state index in [-0.39, 0.29) is 5.91 Å². The predicted molar refractivity (Wildman–Crippen MR) is 130 cm³/mol. The fourth-order valence-corrected chi connectivity index (χ4v) is 4.26. The first kappa shape index (κ1) is 21.5. The predicted octanol–water partition coefficient (Wildman–Crippen LogP) is 5.90. The minimum absolute atomic E-state index is 0.155. The summed E-state index contributed by atoms with van der Waals surface area (Å²) < 4.78 is 0. The average Bonchev–Trinajstić information content (AvgIpc) is 2.79. The van der Waals surface area contributed by atoms with Gasteiger partial charge in [-0.2, -0.15) is 5.26 Å². The van der Waals surface area contributed by atoms with Gasteiger partial charge in [0.05, 0.1) is 27.7 Å². The van der Waals surface area contributed by atoms with Crippen LogP contribution in [0, 0.1) is 25.2 Å². The van der Waals surface area contributed by atoms with Gasteiger partial charge in [0, 0.05) is 16.6 Å². The molecule has 6 heteroatoms. The van der Waals surface area contributed by atoms with Crippen LogP contribution in [0.2, 0.25) is 0 Å². The van der Waals surface area contributed by atoms with E-state index < -0.39 is 5.25 Å². The molecule has 5 nitrogen and oxygen atoms in total. The van der Waals surface area contributed by atoms with Crippen LogP contribution >= 0.6 is 11.8 Å². The lowest BCUT2D eigenvalue weighted by molar-refractivity contribution is -0.115. The maximum Gasteiger partial charge on any atom is 0.237 e. The van der Waals surface area contributed by atoms with Gasteiger partial charge in [0.2, 0.25) is 5.91 Å². The summed E-state index contributed by atoms with van der Waals surface area (Å²) >= 11 is 1.28. The van der Waals surface area contributed by atoms with E-state index >= 15 is 0 Å². The number of carbonyl (C=O) groups is 1. The van der Waals surface area contributed by atoms with Crippen molar-refractivity contribution >= 4 is 34.3 Å². The van der Waals surface area contributed by atoms with E-state index in [4.69, 9.17) is 0 Å². The molecule has 0 aliphatic carbocycles. The quantitative estimate of drug-likeness (QED) is 0.392. The van der Waals surface area contributed by atoms with Gasteiger partial charge in [0.25, 0.3) is 0 Å². The highest BCUT2D eigenvalue weighted by Crippen LogP contribution is 2.30. The number of aryl methyl sites for hydroxylation is 2. The highest BCUT2D eigenvalue weighted by molar-refractivity contribution is 8.00. The molecule has 158 valence electrons. The van der Waals surface area contributed by atoms with Crippen LogP contribution in [-0.2, 0) is 4.79 Å². The van der Waals surface area contributed by atoms with Gasteiger partial charge in [-0.3, -0.25) is 9.78 Å². The number of aromatic nitrogens is 2. The Hall–Kier alpha value is -3.69. The van der Waals surface area contributed by atoms with Crippen LogP contribution in [0.4, 0.5) is 5.69 Å². The molecule has 0 spiro atoms. The van der Waals surface area contributed by atoms with Crippen LogP contribution in [-0.4, -0.2) is 21.1 Å². The number of fused-ring (bicyclic) bond motifs is 1. The Morgan fingerprint density at radius 1 is 1.03 bits per heavy atom. The lowest BCUT2D eigenvalue weighted by Crippen LogP contribution is -2.23. The van der Waals surface area contributed by atoms with E-state index in [1.807, 2.05) is 81.4 Å². The SMILES string of the molecule is Cc1ccc(-c2ccc(C#N)c(SC(C)C(=O)Nc3cc(C)nc4ccccc34)n2)cc1. The summed E-state index contributed by atoms with van der Waals surface area (Å²) in [4.78, 5) is 22.2. The van der Waals surface area contributed by atoms with Gasteiger partial charge in [-0.1, -0.05) is 59.8 Å². The largest absolute Gasteiger partial charge is 0.324 e. The second-order valence-electron chi connectivity index (χ2n) is 7.60. The summed E-state index contributed by atoms with van der Waals surface area (Å²) in [7, 11) is 0. The van der Waals surface area contributed by atoms with E-state index in [9.17, 15) is 10.1 Å². The first-order valence-electron chi connectivity index (χ1n) is 10.3. The molecule has 0 aliphatic heterocycles. The second-order valence-corrected chi connectivity index (χ2v) is 8.93. The molecule has 0 radical (unpaired) electrons. The van der Waals surface area contributed by atoms with Crippen LogP contribution in [0.15, 0.2) is 71.8 Å². The molecule has 0 fully saturated rings. The molecule has 1 atom stereocenters. The Labute approximate surface area is 191 Å². The number of pyridine rings is 2. The van der Waals surface area contributed by atoms with E-state index in [2.05, 4.69) is 21.4 Å². The molecule has 2 aromatic carbocycles. The fourth-order valence-electron chi connectivity index (χ4n) is 3.37. The van der Waals surface area contributed by atoms with Gasteiger partial charge in [-0.15, -0.1) is 0 Å². The molecule has 1 unspecified atom stereocenters. The van der Waals surface area contributed by atoms with Gasteiger partial charge < -0.3 is 5.32 Å². The third-order valence-corrected chi connectivity index (χ3v) is 6.19. The van der Waals surface area contributed by atoms with Crippen molar-refractivity contribution in [1.82, 2.24) is 9.97 Å². The fraction of sp³-hybridized carbons (Fsp3) is 0.154. The van der Waals surface area contributed by atoms with Gasteiger partial charge in [0.15, 0.2) is 0 Å². The third kappa shape index (κ3) is 4.63. The average molecular weight is 439 g/mol. The van der Waals surface area contributed by atoms with Crippen molar-refractivity contribution < 1.29 is 4.79 Å². The van der Waals surface area contributed by atoms with Crippen LogP contribution in [0.3, 0.4) is 0 Å². The monoisotopic (exact) mass is 438 g/mol. The molecular weight excluding hydrogens is 416 g/mol. The Kier molecular flexibility index (Phi) is 6.20. The summed E-state index contributed by atoms with van der Waals surface area (Å²) in [6.07, 6.45) is 0. The van der Waals surface area contributed by atoms with E-state index in [0.29, 0.717) is 10.6 Å². The number of amides is 1. The third-order valence-electron chi connectivity index (χ3n) is 5.09. The molecule has 0 aliphatic rings. The number of thioether (sulfide) groups is 1. The Bertz CT molecular complexity index is 1340. The topological polar surface area (TPSA) is 78.7 Å². The number of nitrogens with one attached hydrogen (secondary N) is 1. The molecule has 4 rings (SSSR count). The van der Waals surface area contributed by atoms with Crippen molar-refractivity contribution in [1.29, 1.82) is 5.26 Å². The zero-order valence-corrected chi connectivity index (χ0v) is 18.9. The molecule has 0 saturated heterocycles. The number of anilines is 1. The molecule has 4 aromatic rings. The van der Waals surface area contributed by atoms with Gasteiger partial charge in [-0.25, -0.2) is 4.98 Å². The Balaban J connectivity index is 1.58. The Morgan fingerprint density at radius 2 is 1.78 bits per heavy atom. The first-order valence-corrected chi connectivity index (χ1v) is 11.1. The zero-order chi connectivity index (χ0) is 22.7. The van der Waals surface area contributed by atoms with E-state index in [0.717, 1.165) is 33.5 Å². The minimum Gasteiger partial charge on any atom is -0.324 e. The smallest absolute Gasteiger partial charge is 0.237 e. The molecule has 1 N–H and O–H groups in total. The number of hydrogen-bond acceptors (Lipinski definition) is 5. The van der Waals surface area contributed by atoms with Crippen LogP contribution in [0.1, 0.15) is 23.7 Å². The van der Waals surface area contributed by atoms with Crippen LogP contribution in [0.25, 0.3) is 22.2 Å². The first-order chi connectivity index (χ1) is 15.4. The number of nitriles is 1. The highest BCUT2D eigenvalue weighted by atomic mass is 32.2. The van der Waals surface area contributed by atoms with Crippen molar-refractivity contribution in [2.45, 2.75) is 31.0 Å². The number of rotatable bonds is 5. The van der Waals surface area contributed by atoms with Gasteiger partial charge in [-0.05, 0) is 45.0 Å². The van der Waals surface area contributed by atoms with Gasteiger partial charge in [0.1, 0.15) is 11.1 Å². The van der Waals surface area contributed by atoms with Crippen molar-refractivity contribution in [2.24, 2.45) is 0 Å². The summed E-state index contributed by atoms with van der Waals surface area (Å²) in [5, 5.41) is 13.6. The minimum atomic E-state index is -0.449. The van der Waals surface area contributed by atoms with Crippen LogP contribution in [0.5, 0.6) is 0 Å². The Morgan fingerprint density at radius 3 is 2.53 bits per heavy atom. The molecule has 0 bridgehead atoms. The van der Waals surface area contributed by atoms with Crippen molar-refractivity contribution in [2.75, 3.05) is 5.32 Å². The standard InChI is InChI=1S/C26H22N4OS/c1-16-8-10-19(11-9-16)22-13-12-20(15-27)26(30-22)32-18(3)25(31)29-24-14-17(2)28-23-7-5-4-6-21(23)24/h4-14,18H,1-3H3,(H,28,29,31). The van der Waals surface area contributed by atoms with E-state index in [1.165, 1.54) is 17.3 Å². The highest BCUT2D eigenvalue weighted by Gasteiger charge is 2.19. The summed E-state index contributed by atoms with van der Waals surface area (Å²) in [6.45, 7) is 5.75. The maximum absolute atomic E-state index is 13.0. The molecule has 32 heavy (non-hydrogen) atoms. The maximum atomic E-state index is 13.0. The lowest BCUT2D eigenvalue weighted by Gasteiger charge is -2.15. The van der Waals surface area contributed by atoms with Crippen LogP contribution < -0.4 is 5.32 Å². The van der Waals surface area contributed by atoms with Crippen molar-refractivity contribution in [3.63, 3.8) is 0 Å². The zero-order valence-electron chi connectivity index (χ0n) is 18.1. The summed E-state index contributed by atoms with van der Waals surface area (Å²) in [5.74, 6) is -0.155. The van der Waals surface area contributed by atoms with Crippen molar-refractivity contribution in [3.05, 3.63) is 83.6 Å².